The van der Waals surface area contributed by atoms with Crippen molar-refractivity contribution in [3.63, 3.8) is 0 Å². The van der Waals surface area contributed by atoms with E-state index in [9.17, 15) is 9.59 Å². The fourth-order valence-corrected chi connectivity index (χ4v) is 1.13. The minimum atomic E-state index is -1.13. The van der Waals surface area contributed by atoms with Gasteiger partial charge in [-0.25, -0.2) is 4.79 Å². The van der Waals surface area contributed by atoms with Crippen molar-refractivity contribution in [2.45, 2.75) is 12.5 Å². The molecule has 1 aliphatic heterocycles. The minimum Gasteiger partial charge on any atom is -0.481 e. The number of hydrogen-bond donors (Lipinski definition) is 3. The molecule has 1 heterocycles. The molecule has 1 rings (SSSR count). The van der Waals surface area contributed by atoms with Crippen LogP contribution in [0.15, 0.2) is 12.3 Å². The second kappa shape index (κ2) is 3.25. The minimum absolute atomic E-state index is 0.263. The van der Waals surface area contributed by atoms with E-state index in [1.54, 1.807) is 6.08 Å². The quantitative estimate of drug-likeness (QED) is 0.528. The summed E-state index contributed by atoms with van der Waals surface area (Å²) in [7, 11) is 0. The van der Waals surface area contributed by atoms with Crippen molar-refractivity contribution in [3.8, 4) is 0 Å². The highest BCUT2D eigenvalue weighted by Crippen LogP contribution is 2.14. The molecule has 66 valence electrons. The Morgan fingerprint density at radius 3 is 2.42 bits per heavy atom. The number of carboxylic acids is 2. The van der Waals surface area contributed by atoms with Crippen LogP contribution in [0.3, 0.4) is 0 Å². The molecule has 1 aliphatic rings. The van der Waals surface area contributed by atoms with E-state index in [2.05, 4.69) is 5.32 Å². The fourth-order valence-electron chi connectivity index (χ4n) is 1.13. The molecule has 0 spiro atoms. The summed E-state index contributed by atoms with van der Waals surface area (Å²) in [5, 5.41) is 19.7. The molecule has 12 heavy (non-hydrogen) atoms. The van der Waals surface area contributed by atoms with E-state index in [4.69, 9.17) is 10.2 Å². The molecule has 0 aromatic carbocycles. The topological polar surface area (TPSA) is 86.6 Å². The van der Waals surface area contributed by atoms with Crippen LogP contribution in [-0.2, 0) is 9.59 Å². The summed E-state index contributed by atoms with van der Waals surface area (Å²) in [5.74, 6) is -3.08. The highest BCUT2D eigenvalue weighted by molar-refractivity contribution is 5.83. The van der Waals surface area contributed by atoms with Gasteiger partial charge in [0.05, 0.1) is 5.92 Å². The van der Waals surface area contributed by atoms with Gasteiger partial charge in [-0.2, -0.15) is 0 Å². The highest BCUT2D eigenvalue weighted by Gasteiger charge is 2.33. The molecule has 5 heteroatoms. The lowest BCUT2D eigenvalue weighted by molar-refractivity contribution is -0.150. The van der Waals surface area contributed by atoms with Crippen molar-refractivity contribution < 1.29 is 19.8 Å². The third-order valence-corrected chi connectivity index (χ3v) is 1.77. The monoisotopic (exact) mass is 171 g/mol. The SMILES string of the molecule is O=C(O)C1CC=CNC1C(=O)O. The number of rotatable bonds is 2. The highest BCUT2D eigenvalue weighted by atomic mass is 16.4. The predicted octanol–water partition coefficient (Wildman–Crippen LogP) is -0.353. The normalized spacial score (nSPS) is 27.7. The zero-order valence-electron chi connectivity index (χ0n) is 6.23. The molecule has 0 saturated carbocycles. The Hall–Kier alpha value is -1.52. The van der Waals surface area contributed by atoms with Gasteiger partial charge in [-0.05, 0) is 12.6 Å². The van der Waals surface area contributed by atoms with Gasteiger partial charge in [0.1, 0.15) is 6.04 Å². The molecule has 0 fully saturated rings. The van der Waals surface area contributed by atoms with Crippen molar-refractivity contribution in [3.05, 3.63) is 12.3 Å². The van der Waals surface area contributed by atoms with E-state index in [1.807, 2.05) is 0 Å². The zero-order valence-corrected chi connectivity index (χ0v) is 6.23. The maximum Gasteiger partial charge on any atom is 0.327 e. The lowest BCUT2D eigenvalue weighted by atomic mass is 9.94. The lowest BCUT2D eigenvalue weighted by Gasteiger charge is -2.22. The molecule has 5 nitrogen and oxygen atoms in total. The second-order valence-corrected chi connectivity index (χ2v) is 2.57. The van der Waals surface area contributed by atoms with Crippen molar-refractivity contribution in [2.24, 2.45) is 5.92 Å². The van der Waals surface area contributed by atoms with Crippen molar-refractivity contribution in [1.29, 1.82) is 0 Å². The van der Waals surface area contributed by atoms with Crippen LogP contribution in [0.25, 0.3) is 0 Å². The van der Waals surface area contributed by atoms with Gasteiger partial charge < -0.3 is 15.5 Å². The Morgan fingerprint density at radius 1 is 1.33 bits per heavy atom. The summed E-state index contributed by atoms with van der Waals surface area (Å²) < 4.78 is 0. The molecule has 0 radical (unpaired) electrons. The van der Waals surface area contributed by atoms with Gasteiger partial charge in [0.25, 0.3) is 0 Å². The summed E-state index contributed by atoms with van der Waals surface area (Å²) in [4.78, 5) is 21.0. The number of aliphatic carboxylic acids is 2. The summed E-state index contributed by atoms with van der Waals surface area (Å²) in [6, 6.07) is -1.01. The van der Waals surface area contributed by atoms with Gasteiger partial charge in [-0.15, -0.1) is 0 Å². The molecule has 0 aromatic heterocycles. The number of carbonyl (C=O) groups is 2. The molecule has 0 amide bonds. The van der Waals surface area contributed by atoms with E-state index >= 15 is 0 Å². The Morgan fingerprint density at radius 2 is 2.00 bits per heavy atom. The predicted molar refractivity (Wildman–Crippen MR) is 39.4 cm³/mol. The van der Waals surface area contributed by atoms with Gasteiger partial charge in [0, 0.05) is 0 Å². The van der Waals surface area contributed by atoms with Crippen LogP contribution in [-0.4, -0.2) is 28.2 Å². The fraction of sp³-hybridized carbons (Fsp3) is 0.429. The number of hydrogen-bond acceptors (Lipinski definition) is 3. The van der Waals surface area contributed by atoms with Crippen LogP contribution in [0.5, 0.6) is 0 Å². The molecule has 2 atom stereocenters. The van der Waals surface area contributed by atoms with Gasteiger partial charge in [0.2, 0.25) is 0 Å². The molecule has 0 bridgehead atoms. The van der Waals surface area contributed by atoms with Gasteiger partial charge in [-0.3, -0.25) is 4.79 Å². The Kier molecular flexibility index (Phi) is 2.32. The van der Waals surface area contributed by atoms with E-state index in [0.29, 0.717) is 0 Å². The number of allylic oxidation sites excluding steroid dienone is 1. The smallest absolute Gasteiger partial charge is 0.327 e. The summed E-state index contributed by atoms with van der Waals surface area (Å²) in [6.07, 6.45) is 3.34. The molecule has 2 unspecified atom stereocenters. The molecular formula is C7H9NO4. The van der Waals surface area contributed by atoms with Crippen LogP contribution in [0.1, 0.15) is 6.42 Å². The first-order chi connectivity index (χ1) is 5.63. The molecule has 0 saturated heterocycles. The molecular weight excluding hydrogens is 162 g/mol. The molecule has 3 N–H and O–H groups in total. The Labute approximate surface area is 68.7 Å². The first-order valence-electron chi connectivity index (χ1n) is 3.49. The summed E-state index contributed by atoms with van der Waals surface area (Å²) in [6.45, 7) is 0. The van der Waals surface area contributed by atoms with Crippen molar-refractivity contribution in [2.75, 3.05) is 0 Å². The van der Waals surface area contributed by atoms with Crippen LogP contribution in [0.4, 0.5) is 0 Å². The molecule has 0 aromatic rings. The number of nitrogens with one attached hydrogen (secondary N) is 1. The molecule has 0 aliphatic carbocycles. The van der Waals surface area contributed by atoms with Crippen molar-refractivity contribution in [1.82, 2.24) is 5.32 Å². The first kappa shape index (κ1) is 8.58. The van der Waals surface area contributed by atoms with Crippen LogP contribution < -0.4 is 5.32 Å². The Bertz CT molecular complexity index is 212. The summed E-state index contributed by atoms with van der Waals surface area (Å²) >= 11 is 0. The average Bonchev–Trinajstić information content (AvgIpc) is 2.04. The van der Waals surface area contributed by atoms with Crippen LogP contribution >= 0.6 is 0 Å². The van der Waals surface area contributed by atoms with Gasteiger partial charge in [-0.1, -0.05) is 6.08 Å². The van der Waals surface area contributed by atoms with E-state index < -0.39 is 23.9 Å². The maximum atomic E-state index is 10.5. The van der Waals surface area contributed by atoms with Gasteiger partial charge >= 0.3 is 11.9 Å². The average molecular weight is 171 g/mol. The zero-order chi connectivity index (χ0) is 9.14. The van der Waals surface area contributed by atoms with Gasteiger partial charge in [0.15, 0.2) is 0 Å². The number of carboxylic acid groups (broad SMARTS) is 2. The van der Waals surface area contributed by atoms with Crippen LogP contribution in [0, 0.1) is 5.92 Å². The lowest BCUT2D eigenvalue weighted by Crippen LogP contribution is -2.45. The van der Waals surface area contributed by atoms with E-state index in [-0.39, 0.29) is 6.42 Å². The Balaban J connectivity index is 2.76. The second-order valence-electron chi connectivity index (χ2n) is 2.57. The third-order valence-electron chi connectivity index (χ3n) is 1.77. The summed E-state index contributed by atoms with van der Waals surface area (Å²) in [5.41, 5.74) is 0. The van der Waals surface area contributed by atoms with E-state index in [1.165, 1.54) is 6.20 Å². The first-order valence-corrected chi connectivity index (χ1v) is 3.49. The largest absolute Gasteiger partial charge is 0.481 e. The van der Waals surface area contributed by atoms with Crippen molar-refractivity contribution >= 4 is 11.9 Å². The maximum absolute atomic E-state index is 10.5. The third kappa shape index (κ3) is 1.55. The van der Waals surface area contributed by atoms with Crippen LogP contribution in [0.2, 0.25) is 0 Å². The van der Waals surface area contributed by atoms with E-state index in [0.717, 1.165) is 0 Å². The standard InChI is InChI=1S/C7H9NO4/c9-6(10)4-2-1-3-8-5(4)7(11)12/h1,3-5,8H,2H2,(H,9,10)(H,11,12).